The first-order chi connectivity index (χ1) is 11.7. The van der Waals surface area contributed by atoms with E-state index >= 15 is 0 Å². The highest BCUT2D eigenvalue weighted by Crippen LogP contribution is 2.32. The van der Waals surface area contributed by atoms with E-state index in [4.69, 9.17) is 9.47 Å². The SMILES string of the molecule is CCC(CC)C(=O)Nc1ccc(N2CCC3(CC2)OCCO3)nc1. The monoisotopic (exact) mass is 333 g/mol. The molecule has 132 valence electrons. The van der Waals surface area contributed by atoms with Crippen molar-refractivity contribution in [3.05, 3.63) is 18.3 Å². The van der Waals surface area contributed by atoms with Crippen molar-refractivity contribution in [3.63, 3.8) is 0 Å². The highest BCUT2D eigenvalue weighted by molar-refractivity contribution is 5.92. The smallest absolute Gasteiger partial charge is 0.227 e. The lowest BCUT2D eigenvalue weighted by molar-refractivity contribution is -0.169. The maximum atomic E-state index is 12.1. The van der Waals surface area contributed by atoms with Gasteiger partial charge in [-0.3, -0.25) is 4.79 Å². The van der Waals surface area contributed by atoms with Crippen molar-refractivity contribution >= 4 is 17.4 Å². The van der Waals surface area contributed by atoms with Gasteiger partial charge in [-0.2, -0.15) is 0 Å². The van der Waals surface area contributed by atoms with E-state index in [1.54, 1.807) is 6.20 Å². The minimum atomic E-state index is -0.361. The zero-order valence-electron chi connectivity index (χ0n) is 14.6. The quantitative estimate of drug-likeness (QED) is 0.898. The van der Waals surface area contributed by atoms with E-state index < -0.39 is 0 Å². The molecular formula is C18H27N3O3. The molecule has 0 saturated carbocycles. The molecule has 1 amide bonds. The number of nitrogens with zero attached hydrogens (tertiary/aromatic N) is 2. The minimum absolute atomic E-state index is 0.0642. The summed E-state index contributed by atoms with van der Waals surface area (Å²) >= 11 is 0. The van der Waals surface area contributed by atoms with Gasteiger partial charge in [-0.05, 0) is 25.0 Å². The van der Waals surface area contributed by atoms with E-state index in [0.29, 0.717) is 13.2 Å². The maximum Gasteiger partial charge on any atom is 0.227 e. The normalized spacial score (nSPS) is 19.9. The Morgan fingerprint density at radius 2 is 1.92 bits per heavy atom. The van der Waals surface area contributed by atoms with Gasteiger partial charge in [0.25, 0.3) is 0 Å². The molecule has 1 aromatic heterocycles. The van der Waals surface area contributed by atoms with Gasteiger partial charge in [0.1, 0.15) is 5.82 Å². The number of rotatable bonds is 5. The molecule has 0 atom stereocenters. The maximum absolute atomic E-state index is 12.1. The van der Waals surface area contributed by atoms with Crippen LogP contribution in [-0.2, 0) is 14.3 Å². The Hall–Kier alpha value is -1.66. The number of hydrogen-bond acceptors (Lipinski definition) is 5. The second-order valence-electron chi connectivity index (χ2n) is 6.50. The van der Waals surface area contributed by atoms with E-state index in [-0.39, 0.29) is 17.6 Å². The predicted molar refractivity (Wildman–Crippen MR) is 93.0 cm³/mol. The zero-order chi connectivity index (χ0) is 17.0. The van der Waals surface area contributed by atoms with E-state index in [9.17, 15) is 4.79 Å². The molecule has 3 rings (SSSR count). The fourth-order valence-electron chi connectivity index (χ4n) is 3.41. The molecule has 0 aliphatic carbocycles. The van der Waals surface area contributed by atoms with Crippen LogP contribution in [0, 0.1) is 5.92 Å². The van der Waals surface area contributed by atoms with Crippen LogP contribution in [0.25, 0.3) is 0 Å². The van der Waals surface area contributed by atoms with Crippen LogP contribution in [0.15, 0.2) is 18.3 Å². The van der Waals surface area contributed by atoms with Crippen LogP contribution in [0.3, 0.4) is 0 Å². The van der Waals surface area contributed by atoms with Crippen molar-refractivity contribution in [3.8, 4) is 0 Å². The summed E-state index contributed by atoms with van der Waals surface area (Å²) in [6.07, 6.45) is 5.17. The van der Waals surface area contributed by atoms with Crippen molar-refractivity contribution in [1.29, 1.82) is 0 Å². The Morgan fingerprint density at radius 3 is 2.46 bits per heavy atom. The van der Waals surface area contributed by atoms with Gasteiger partial charge >= 0.3 is 0 Å². The van der Waals surface area contributed by atoms with Crippen molar-refractivity contribution in [2.45, 2.75) is 45.3 Å². The molecule has 0 radical (unpaired) electrons. The van der Waals surface area contributed by atoms with Gasteiger partial charge < -0.3 is 19.7 Å². The molecule has 6 nitrogen and oxygen atoms in total. The number of hydrogen-bond donors (Lipinski definition) is 1. The number of ether oxygens (including phenoxy) is 2. The first-order valence-corrected chi connectivity index (χ1v) is 8.95. The lowest BCUT2D eigenvalue weighted by Crippen LogP contribution is -2.45. The summed E-state index contributed by atoms with van der Waals surface area (Å²) in [6, 6.07) is 3.90. The van der Waals surface area contributed by atoms with Crippen LogP contribution >= 0.6 is 0 Å². The first-order valence-electron chi connectivity index (χ1n) is 8.95. The third-order valence-electron chi connectivity index (χ3n) is 5.03. The summed E-state index contributed by atoms with van der Waals surface area (Å²) in [4.78, 5) is 18.9. The van der Waals surface area contributed by atoms with Crippen molar-refractivity contribution < 1.29 is 14.3 Å². The summed E-state index contributed by atoms with van der Waals surface area (Å²) in [7, 11) is 0. The molecule has 2 saturated heterocycles. The molecule has 1 aromatic rings. The molecule has 2 aliphatic rings. The fraction of sp³-hybridized carbons (Fsp3) is 0.667. The minimum Gasteiger partial charge on any atom is -0.356 e. The van der Waals surface area contributed by atoms with Gasteiger partial charge in [-0.15, -0.1) is 0 Å². The molecule has 2 fully saturated rings. The summed E-state index contributed by atoms with van der Waals surface area (Å²) in [6.45, 7) is 7.21. The molecule has 6 heteroatoms. The summed E-state index contributed by atoms with van der Waals surface area (Å²) < 4.78 is 11.5. The average Bonchev–Trinajstić information content (AvgIpc) is 3.06. The van der Waals surface area contributed by atoms with Crippen LogP contribution in [0.1, 0.15) is 39.5 Å². The van der Waals surface area contributed by atoms with Gasteiger partial charge in [-0.1, -0.05) is 13.8 Å². The molecule has 24 heavy (non-hydrogen) atoms. The Morgan fingerprint density at radius 1 is 1.25 bits per heavy atom. The van der Waals surface area contributed by atoms with Crippen LogP contribution < -0.4 is 10.2 Å². The second kappa shape index (κ2) is 7.49. The zero-order valence-corrected chi connectivity index (χ0v) is 14.6. The standard InChI is InChI=1S/C18H27N3O3/c1-3-14(4-2)17(22)20-15-5-6-16(19-13-15)21-9-7-18(8-10-21)23-11-12-24-18/h5-6,13-14H,3-4,7-12H2,1-2H3,(H,20,22). The lowest BCUT2D eigenvalue weighted by Gasteiger charge is -2.38. The lowest BCUT2D eigenvalue weighted by atomic mass is 10.0. The molecule has 1 spiro atoms. The Labute approximate surface area is 143 Å². The predicted octanol–water partition coefficient (Wildman–Crippen LogP) is 2.80. The third-order valence-corrected chi connectivity index (χ3v) is 5.03. The van der Waals surface area contributed by atoms with E-state index in [1.165, 1.54) is 0 Å². The Kier molecular flexibility index (Phi) is 5.36. The van der Waals surface area contributed by atoms with Crippen LogP contribution in [0.5, 0.6) is 0 Å². The molecule has 0 bridgehead atoms. The third kappa shape index (κ3) is 3.70. The first kappa shape index (κ1) is 17.2. The Bertz CT molecular complexity index is 541. The topological polar surface area (TPSA) is 63.7 Å². The summed E-state index contributed by atoms with van der Waals surface area (Å²) in [5, 5.41) is 2.95. The van der Waals surface area contributed by atoms with Gasteiger partial charge in [0.2, 0.25) is 5.91 Å². The van der Waals surface area contributed by atoms with E-state index in [1.807, 2.05) is 26.0 Å². The molecule has 3 heterocycles. The summed E-state index contributed by atoms with van der Waals surface area (Å²) in [5.74, 6) is 0.711. The van der Waals surface area contributed by atoms with Gasteiger partial charge in [0.05, 0.1) is 25.1 Å². The van der Waals surface area contributed by atoms with Gasteiger partial charge in [0, 0.05) is 31.8 Å². The second-order valence-corrected chi connectivity index (χ2v) is 6.50. The molecule has 0 aromatic carbocycles. The molecule has 2 aliphatic heterocycles. The molecule has 0 unspecified atom stereocenters. The van der Waals surface area contributed by atoms with E-state index in [0.717, 1.165) is 50.3 Å². The number of amides is 1. The van der Waals surface area contributed by atoms with Gasteiger partial charge in [0.15, 0.2) is 5.79 Å². The molecule has 1 N–H and O–H groups in total. The fourth-order valence-corrected chi connectivity index (χ4v) is 3.41. The average molecular weight is 333 g/mol. The number of carbonyl (C=O) groups excluding carboxylic acids is 1. The highest BCUT2D eigenvalue weighted by Gasteiger charge is 2.39. The van der Waals surface area contributed by atoms with Crippen molar-refractivity contribution in [1.82, 2.24) is 4.98 Å². The number of piperidine rings is 1. The van der Waals surface area contributed by atoms with Crippen molar-refractivity contribution in [2.24, 2.45) is 5.92 Å². The summed E-state index contributed by atoms with van der Waals surface area (Å²) in [5.41, 5.74) is 0.756. The Balaban J connectivity index is 1.56. The van der Waals surface area contributed by atoms with Crippen LogP contribution in [0.4, 0.5) is 11.5 Å². The number of carbonyl (C=O) groups is 1. The molecular weight excluding hydrogens is 306 g/mol. The number of aromatic nitrogens is 1. The largest absolute Gasteiger partial charge is 0.356 e. The van der Waals surface area contributed by atoms with Crippen LogP contribution in [0.2, 0.25) is 0 Å². The highest BCUT2D eigenvalue weighted by atomic mass is 16.7. The van der Waals surface area contributed by atoms with Gasteiger partial charge in [-0.25, -0.2) is 4.98 Å². The van der Waals surface area contributed by atoms with E-state index in [2.05, 4.69) is 15.2 Å². The van der Waals surface area contributed by atoms with Crippen molar-refractivity contribution in [2.75, 3.05) is 36.5 Å². The number of anilines is 2. The number of nitrogens with one attached hydrogen (secondary N) is 1. The van der Waals surface area contributed by atoms with Crippen LogP contribution in [-0.4, -0.2) is 43.0 Å². The number of pyridine rings is 1.